The second-order valence-electron chi connectivity index (χ2n) is 10.4. The number of carbonyl (C=O) groups is 1. The van der Waals surface area contributed by atoms with E-state index in [1.807, 2.05) is 0 Å². The van der Waals surface area contributed by atoms with Gasteiger partial charge in [-0.3, -0.25) is 4.79 Å². The number of hydrogen-bond donors (Lipinski definition) is 0. The summed E-state index contributed by atoms with van der Waals surface area (Å²) in [6.07, 6.45) is 10.2. The van der Waals surface area contributed by atoms with Crippen LogP contribution in [0.4, 0.5) is 0 Å². The molecule has 0 aromatic carbocycles. The number of rotatable bonds is 6. The summed E-state index contributed by atoms with van der Waals surface area (Å²) >= 11 is 0. The Balaban J connectivity index is 2.05. The third-order valence-electron chi connectivity index (χ3n) is 6.94. The van der Waals surface area contributed by atoms with Crippen molar-refractivity contribution in [1.82, 2.24) is 0 Å². The summed E-state index contributed by atoms with van der Waals surface area (Å²) in [6.45, 7) is 18.2. The molecule has 144 valence electrons. The van der Waals surface area contributed by atoms with Gasteiger partial charge >= 0.3 is 0 Å². The van der Waals surface area contributed by atoms with E-state index < -0.39 is 8.32 Å². The fourth-order valence-corrected chi connectivity index (χ4v) is 7.19. The van der Waals surface area contributed by atoms with Crippen molar-refractivity contribution in [2.45, 2.75) is 92.0 Å². The van der Waals surface area contributed by atoms with Gasteiger partial charge in [-0.1, -0.05) is 32.9 Å². The van der Waals surface area contributed by atoms with Crippen LogP contribution in [0.1, 0.15) is 66.7 Å². The van der Waals surface area contributed by atoms with Gasteiger partial charge in [0, 0.05) is 18.3 Å². The van der Waals surface area contributed by atoms with E-state index in [1.54, 1.807) is 0 Å². The fraction of sp³-hybridized carbons (Fsp3) is 0.864. The summed E-state index contributed by atoms with van der Waals surface area (Å²) in [5.41, 5.74) is 0.107. The lowest BCUT2D eigenvalue weighted by Crippen LogP contribution is -2.42. The molecule has 2 saturated carbocycles. The molecule has 1 unspecified atom stereocenters. The topological polar surface area (TPSA) is 26.3 Å². The van der Waals surface area contributed by atoms with Gasteiger partial charge in [0.15, 0.2) is 8.32 Å². The number of allylic oxidation sites excluding steroid dienone is 1. The summed E-state index contributed by atoms with van der Waals surface area (Å²) in [4.78, 5) is 12.3. The van der Waals surface area contributed by atoms with E-state index in [9.17, 15) is 4.79 Å². The molecule has 25 heavy (non-hydrogen) atoms. The summed E-state index contributed by atoms with van der Waals surface area (Å²) in [7, 11) is -1.55. The van der Waals surface area contributed by atoms with Crippen LogP contribution in [-0.2, 0) is 9.22 Å². The van der Waals surface area contributed by atoms with Gasteiger partial charge in [-0.05, 0) is 76.4 Å². The Morgan fingerprint density at radius 3 is 2.44 bits per heavy atom. The highest BCUT2D eigenvalue weighted by molar-refractivity contribution is 6.69. The minimum atomic E-state index is -1.55. The minimum Gasteiger partial charge on any atom is -0.412 e. The molecule has 0 aromatic rings. The maximum atomic E-state index is 12.3. The van der Waals surface area contributed by atoms with Crippen LogP contribution in [0, 0.1) is 29.1 Å². The first-order valence-corrected chi connectivity index (χ1v) is 13.7. The average molecular weight is 365 g/mol. The van der Waals surface area contributed by atoms with E-state index in [4.69, 9.17) is 4.43 Å². The number of hydrogen-bond acceptors (Lipinski definition) is 2. The first-order valence-electron chi connectivity index (χ1n) is 10.3. The van der Waals surface area contributed by atoms with E-state index in [2.05, 4.69) is 66.4 Å². The second-order valence-corrected chi connectivity index (χ2v) is 14.8. The molecule has 2 fully saturated rings. The monoisotopic (exact) mass is 364 g/mol. The maximum absolute atomic E-state index is 12.3. The first-order chi connectivity index (χ1) is 11.4. The van der Waals surface area contributed by atoms with Crippen molar-refractivity contribution in [3.05, 3.63) is 12.2 Å². The molecular formula is C22H40O2Si. The predicted molar refractivity (Wildman–Crippen MR) is 109 cm³/mol. The second kappa shape index (κ2) is 7.30. The van der Waals surface area contributed by atoms with E-state index in [0.29, 0.717) is 29.5 Å². The van der Waals surface area contributed by atoms with Crippen molar-refractivity contribution in [3.8, 4) is 0 Å². The normalized spacial score (nSPS) is 33.5. The zero-order chi connectivity index (χ0) is 19.0. The summed E-state index contributed by atoms with van der Waals surface area (Å²) in [5.74, 6) is 2.42. The third-order valence-corrected chi connectivity index (χ3v) is 8.08. The maximum Gasteiger partial charge on any atom is 0.184 e. The highest BCUT2D eigenvalue weighted by Crippen LogP contribution is 2.56. The largest absolute Gasteiger partial charge is 0.412 e. The van der Waals surface area contributed by atoms with Crippen molar-refractivity contribution in [1.29, 1.82) is 0 Å². The number of carbonyl (C=O) groups excluding carboxylic acids is 1. The third kappa shape index (κ3) is 4.66. The minimum absolute atomic E-state index is 0.121. The number of ketones is 1. The van der Waals surface area contributed by atoms with E-state index in [-0.39, 0.29) is 11.0 Å². The molecule has 0 aliphatic heterocycles. The Hall–Kier alpha value is -0.413. The van der Waals surface area contributed by atoms with Crippen LogP contribution in [-0.4, -0.2) is 19.7 Å². The van der Waals surface area contributed by atoms with Gasteiger partial charge in [0.25, 0.3) is 0 Å². The van der Waals surface area contributed by atoms with Crippen molar-refractivity contribution < 1.29 is 9.22 Å². The van der Waals surface area contributed by atoms with Crippen LogP contribution < -0.4 is 0 Å². The molecule has 0 bridgehead atoms. The summed E-state index contributed by atoms with van der Waals surface area (Å²) < 4.78 is 6.41. The SMILES string of the molecule is CC(C=C[C@H](C)C(C)(C)O[Si](C)(C)C)[C@H]1CC[C@H]2C(=O)CCC[C@]12C. The Labute approximate surface area is 156 Å². The van der Waals surface area contributed by atoms with Crippen molar-refractivity contribution in [2.75, 3.05) is 0 Å². The highest BCUT2D eigenvalue weighted by Gasteiger charge is 2.52. The quantitative estimate of drug-likeness (QED) is 0.412. The number of fused-ring (bicyclic) bond motifs is 1. The van der Waals surface area contributed by atoms with Gasteiger partial charge in [0.2, 0.25) is 0 Å². The molecule has 0 N–H and O–H groups in total. The van der Waals surface area contributed by atoms with Gasteiger partial charge in [0.1, 0.15) is 5.78 Å². The lowest BCUT2D eigenvalue weighted by Gasteiger charge is -2.42. The molecule has 0 spiro atoms. The van der Waals surface area contributed by atoms with Gasteiger partial charge in [-0.25, -0.2) is 0 Å². The molecule has 0 aromatic heterocycles. The fourth-order valence-electron chi connectivity index (χ4n) is 5.42. The lowest BCUT2D eigenvalue weighted by molar-refractivity contribution is -0.129. The average Bonchev–Trinajstić information content (AvgIpc) is 2.80. The molecule has 0 radical (unpaired) electrons. The summed E-state index contributed by atoms with van der Waals surface area (Å²) in [5, 5.41) is 0. The van der Waals surface area contributed by atoms with Crippen LogP contribution in [0.2, 0.25) is 19.6 Å². The number of Topliss-reactive ketones (excluding diaryl/α,β-unsaturated/α-hetero) is 1. The lowest BCUT2D eigenvalue weighted by atomic mass is 9.62. The van der Waals surface area contributed by atoms with Crippen LogP contribution in [0.3, 0.4) is 0 Å². The van der Waals surface area contributed by atoms with Crippen LogP contribution in [0.25, 0.3) is 0 Å². The molecule has 2 rings (SSSR count). The van der Waals surface area contributed by atoms with Crippen LogP contribution >= 0.6 is 0 Å². The van der Waals surface area contributed by atoms with Gasteiger partial charge in [-0.2, -0.15) is 0 Å². The Morgan fingerprint density at radius 2 is 1.84 bits per heavy atom. The molecule has 3 heteroatoms. The standard InChI is InChI=1S/C22H40O2Si/c1-16(11-12-17(2)21(3,4)24-25(6,7)8)18-13-14-19-20(23)10-9-15-22(18,19)5/h11-12,16-19H,9-10,13-15H2,1-8H3/t16?,17-,18+,19-,22+/m0/s1. The molecular weight excluding hydrogens is 324 g/mol. The highest BCUT2D eigenvalue weighted by atomic mass is 28.4. The summed E-state index contributed by atoms with van der Waals surface area (Å²) in [6, 6.07) is 0. The molecule has 2 nitrogen and oxygen atoms in total. The predicted octanol–water partition coefficient (Wildman–Crippen LogP) is 6.23. The van der Waals surface area contributed by atoms with E-state index in [0.717, 1.165) is 19.3 Å². The van der Waals surface area contributed by atoms with Crippen molar-refractivity contribution in [3.63, 3.8) is 0 Å². The molecule has 5 atom stereocenters. The Bertz CT molecular complexity index is 517. The van der Waals surface area contributed by atoms with Crippen molar-refractivity contribution >= 4 is 14.1 Å². The van der Waals surface area contributed by atoms with Gasteiger partial charge in [0.05, 0.1) is 5.60 Å². The Kier molecular flexibility index (Phi) is 6.10. The molecule has 0 amide bonds. The van der Waals surface area contributed by atoms with Crippen LogP contribution in [0.5, 0.6) is 0 Å². The molecule has 0 heterocycles. The molecule has 2 aliphatic carbocycles. The van der Waals surface area contributed by atoms with E-state index in [1.165, 1.54) is 12.8 Å². The zero-order valence-electron chi connectivity index (χ0n) is 17.8. The van der Waals surface area contributed by atoms with Gasteiger partial charge < -0.3 is 4.43 Å². The smallest absolute Gasteiger partial charge is 0.184 e. The zero-order valence-corrected chi connectivity index (χ0v) is 18.8. The Morgan fingerprint density at radius 1 is 1.20 bits per heavy atom. The molecule has 2 aliphatic rings. The van der Waals surface area contributed by atoms with Crippen molar-refractivity contribution in [2.24, 2.45) is 29.1 Å². The van der Waals surface area contributed by atoms with E-state index >= 15 is 0 Å². The van der Waals surface area contributed by atoms with Crippen LogP contribution in [0.15, 0.2) is 12.2 Å². The van der Waals surface area contributed by atoms with Gasteiger partial charge in [-0.15, -0.1) is 0 Å². The first kappa shape index (κ1) is 20.9. The molecule has 0 saturated heterocycles.